The Morgan fingerprint density at radius 3 is 0.753 bits per heavy atom. The molecule has 6 nitrogen and oxygen atoms in total. The predicted molar refractivity (Wildman–Crippen MR) is 352 cm³/mol. The zero-order valence-electron chi connectivity index (χ0n) is 51.2. The lowest BCUT2D eigenvalue weighted by molar-refractivity contribution is -0.166. The Morgan fingerprint density at radius 2 is 0.469 bits per heavy atom. The van der Waals surface area contributed by atoms with Gasteiger partial charge in [0, 0.05) is 19.3 Å². The average Bonchev–Trinajstić information content (AvgIpc) is 3.47. The van der Waals surface area contributed by atoms with Gasteiger partial charge in [0.05, 0.1) is 0 Å². The van der Waals surface area contributed by atoms with E-state index in [0.29, 0.717) is 12.8 Å². The molecule has 1 unspecified atom stereocenters. The van der Waals surface area contributed by atoms with Crippen molar-refractivity contribution in [3.63, 3.8) is 0 Å². The van der Waals surface area contributed by atoms with Crippen molar-refractivity contribution in [3.8, 4) is 0 Å². The minimum Gasteiger partial charge on any atom is -0.462 e. The van der Waals surface area contributed by atoms with Crippen LogP contribution in [-0.2, 0) is 28.6 Å². The van der Waals surface area contributed by atoms with Gasteiger partial charge in [0.2, 0.25) is 0 Å². The van der Waals surface area contributed by atoms with E-state index in [1.807, 2.05) is 12.2 Å². The van der Waals surface area contributed by atoms with Crippen molar-refractivity contribution in [3.05, 3.63) is 207 Å². The van der Waals surface area contributed by atoms with Crippen molar-refractivity contribution in [2.45, 2.75) is 232 Å². The van der Waals surface area contributed by atoms with Gasteiger partial charge >= 0.3 is 17.9 Å². The van der Waals surface area contributed by atoms with Crippen LogP contribution in [0.25, 0.3) is 0 Å². The lowest BCUT2D eigenvalue weighted by atomic mass is 10.1. The summed E-state index contributed by atoms with van der Waals surface area (Å²) in [4.78, 5) is 38.3. The second-order valence-electron chi connectivity index (χ2n) is 19.8. The van der Waals surface area contributed by atoms with Gasteiger partial charge in [-0.15, -0.1) is 0 Å². The van der Waals surface area contributed by atoms with Crippen molar-refractivity contribution >= 4 is 17.9 Å². The highest BCUT2D eigenvalue weighted by Gasteiger charge is 2.19. The van der Waals surface area contributed by atoms with Crippen LogP contribution in [0.3, 0.4) is 0 Å². The zero-order valence-corrected chi connectivity index (χ0v) is 51.2. The Hall–Kier alpha value is -6.01. The smallest absolute Gasteiger partial charge is 0.306 e. The van der Waals surface area contributed by atoms with Gasteiger partial charge in [-0.2, -0.15) is 0 Å². The van der Waals surface area contributed by atoms with Crippen LogP contribution in [0.5, 0.6) is 0 Å². The molecule has 0 amide bonds. The van der Waals surface area contributed by atoms with Gasteiger partial charge in [-0.25, -0.2) is 0 Å². The van der Waals surface area contributed by atoms with Crippen molar-refractivity contribution in [2.75, 3.05) is 13.2 Å². The van der Waals surface area contributed by atoms with Gasteiger partial charge in [0.25, 0.3) is 0 Å². The van der Waals surface area contributed by atoms with Gasteiger partial charge in [0.15, 0.2) is 6.10 Å². The van der Waals surface area contributed by atoms with E-state index in [-0.39, 0.29) is 38.0 Å². The van der Waals surface area contributed by atoms with Gasteiger partial charge < -0.3 is 14.2 Å². The summed E-state index contributed by atoms with van der Waals surface area (Å²) in [6.07, 6.45) is 103. The van der Waals surface area contributed by atoms with Crippen molar-refractivity contribution < 1.29 is 28.6 Å². The topological polar surface area (TPSA) is 78.9 Å². The van der Waals surface area contributed by atoms with Crippen LogP contribution >= 0.6 is 0 Å². The van der Waals surface area contributed by atoms with Gasteiger partial charge in [-0.05, 0) is 154 Å². The third-order valence-corrected chi connectivity index (χ3v) is 12.3. The fourth-order valence-corrected chi connectivity index (χ4v) is 7.67. The monoisotopic (exact) mass is 1110 g/mol. The van der Waals surface area contributed by atoms with Crippen LogP contribution in [0, 0.1) is 0 Å². The molecule has 0 aliphatic carbocycles. The largest absolute Gasteiger partial charge is 0.462 e. The molecule has 0 aromatic rings. The zero-order chi connectivity index (χ0) is 58.5. The molecule has 0 fully saturated rings. The third-order valence-electron chi connectivity index (χ3n) is 12.3. The number of unbranched alkanes of at least 4 members (excludes halogenated alkanes) is 9. The Morgan fingerprint density at radius 1 is 0.247 bits per heavy atom. The lowest BCUT2D eigenvalue weighted by Gasteiger charge is -2.18. The summed E-state index contributed by atoms with van der Waals surface area (Å²) >= 11 is 0. The maximum Gasteiger partial charge on any atom is 0.306 e. The van der Waals surface area contributed by atoms with E-state index < -0.39 is 12.1 Å². The Labute approximate surface area is 496 Å². The summed E-state index contributed by atoms with van der Waals surface area (Å²) in [5.74, 6) is -1.08. The van der Waals surface area contributed by atoms with E-state index in [2.05, 4.69) is 215 Å². The minimum atomic E-state index is -0.854. The summed E-state index contributed by atoms with van der Waals surface area (Å²) < 4.78 is 16.8. The first-order valence-electron chi connectivity index (χ1n) is 31.6. The second kappa shape index (κ2) is 66.5. The molecule has 0 radical (unpaired) electrons. The first kappa shape index (κ1) is 75.0. The first-order valence-corrected chi connectivity index (χ1v) is 31.6. The standard InChI is InChI=1S/C75H112O6/c1-4-7-10-13-16-19-22-25-28-31-34-35-36-37-38-39-42-44-47-50-53-56-59-62-65-68-74(77)80-71-72(81-75(78)69-66-63-60-57-54-51-48-45-41-33-30-27-24-21-18-15-12-9-6-3)70-79-73(76)67-64-61-58-55-52-49-46-43-40-32-29-26-23-20-17-14-11-8-5-2/h7-12,16-21,25-30,34-35,37-38,40-45,50-51,53-54,60,63,72H,4-6,13-15,22-24,31-33,36,39,46-49,52,55-59,61-62,64-71H2,1-3H3/b10-7-,11-8-,12-9-,19-16-,20-17-,21-18-,28-25-,29-26-,30-27-,35-34-,38-37-,43-40-,44-42-,45-41-,53-50-,54-51-,63-60-. The summed E-state index contributed by atoms with van der Waals surface area (Å²) in [6.45, 7) is 6.18. The molecule has 0 aliphatic rings. The summed E-state index contributed by atoms with van der Waals surface area (Å²) in [5, 5.41) is 0. The van der Waals surface area contributed by atoms with Crippen molar-refractivity contribution in [1.29, 1.82) is 0 Å². The van der Waals surface area contributed by atoms with Crippen molar-refractivity contribution in [1.82, 2.24) is 0 Å². The molecule has 0 heterocycles. The molecule has 0 N–H and O–H groups in total. The number of allylic oxidation sites excluding steroid dienone is 34. The Balaban J connectivity index is 4.63. The molecule has 6 heteroatoms. The van der Waals surface area contributed by atoms with Crippen LogP contribution in [0.15, 0.2) is 207 Å². The molecule has 0 saturated carbocycles. The van der Waals surface area contributed by atoms with Gasteiger partial charge in [-0.1, -0.05) is 259 Å². The number of rotatable bonds is 54. The maximum absolute atomic E-state index is 12.9. The molecule has 0 aromatic carbocycles. The fraction of sp³-hybridized carbons (Fsp3) is 0.507. The first-order chi connectivity index (χ1) is 40.0. The molecule has 0 aromatic heterocycles. The summed E-state index contributed by atoms with van der Waals surface area (Å²) in [5.41, 5.74) is 0. The van der Waals surface area contributed by atoms with E-state index in [0.717, 1.165) is 167 Å². The molecule has 81 heavy (non-hydrogen) atoms. The highest BCUT2D eigenvalue weighted by atomic mass is 16.6. The number of hydrogen-bond donors (Lipinski definition) is 0. The van der Waals surface area contributed by atoms with E-state index in [4.69, 9.17) is 14.2 Å². The number of carbonyl (C=O) groups is 3. The molecule has 0 saturated heterocycles. The predicted octanol–water partition coefficient (Wildman–Crippen LogP) is 22.0. The second-order valence-corrected chi connectivity index (χ2v) is 19.8. The SMILES string of the molecule is CC/C=C\C/C=C\C/C=C\C/C=C\C/C=C\C/C=C\C/C=C\CCCCCC(=O)OCC(COC(=O)CCCCCCCC/C=C\C/C=C\C/C=C\C/C=C\CC)OC(=O)CC/C=C\C/C=C\C/C=C\C/C=C\C/C=C\C/C=C\CC. The fourth-order valence-electron chi connectivity index (χ4n) is 7.67. The molecule has 448 valence electrons. The van der Waals surface area contributed by atoms with Crippen LogP contribution in [-0.4, -0.2) is 37.2 Å². The van der Waals surface area contributed by atoms with Crippen LogP contribution in [0.4, 0.5) is 0 Å². The van der Waals surface area contributed by atoms with Crippen molar-refractivity contribution in [2.24, 2.45) is 0 Å². The normalized spacial score (nSPS) is 13.6. The number of ether oxygens (including phenoxy) is 3. The lowest BCUT2D eigenvalue weighted by Crippen LogP contribution is -2.30. The summed E-state index contributed by atoms with van der Waals surface area (Å²) in [7, 11) is 0. The van der Waals surface area contributed by atoms with E-state index in [9.17, 15) is 14.4 Å². The number of carbonyl (C=O) groups excluding carboxylic acids is 3. The van der Waals surface area contributed by atoms with Gasteiger partial charge in [0.1, 0.15) is 13.2 Å². The molecular formula is C75H112O6. The Bertz CT molecular complexity index is 2000. The van der Waals surface area contributed by atoms with Crippen LogP contribution in [0.2, 0.25) is 0 Å². The number of hydrogen-bond acceptors (Lipinski definition) is 6. The minimum absolute atomic E-state index is 0.139. The molecule has 0 bridgehead atoms. The highest BCUT2D eigenvalue weighted by Crippen LogP contribution is 2.12. The molecular weight excluding hydrogens is 997 g/mol. The summed E-state index contributed by atoms with van der Waals surface area (Å²) in [6, 6.07) is 0. The van der Waals surface area contributed by atoms with E-state index in [1.165, 1.54) is 12.8 Å². The molecule has 0 aliphatic heterocycles. The molecule has 0 spiro atoms. The van der Waals surface area contributed by atoms with Crippen LogP contribution in [0.1, 0.15) is 226 Å². The van der Waals surface area contributed by atoms with Crippen LogP contribution < -0.4 is 0 Å². The molecule has 1 atom stereocenters. The Kier molecular flexibility index (Phi) is 61.6. The maximum atomic E-state index is 12.9. The number of esters is 3. The quantitative estimate of drug-likeness (QED) is 0.0261. The van der Waals surface area contributed by atoms with Gasteiger partial charge in [-0.3, -0.25) is 14.4 Å². The van der Waals surface area contributed by atoms with E-state index in [1.54, 1.807) is 0 Å². The van der Waals surface area contributed by atoms with E-state index >= 15 is 0 Å². The molecule has 0 rings (SSSR count). The highest BCUT2D eigenvalue weighted by molar-refractivity contribution is 5.71. The third kappa shape index (κ3) is 64.7. The average molecular weight is 1110 g/mol.